The van der Waals surface area contributed by atoms with Crippen LogP contribution in [0.25, 0.3) is 0 Å². The van der Waals surface area contributed by atoms with Gasteiger partial charge in [-0.25, -0.2) is 0 Å². The van der Waals surface area contributed by atoms with Crippen molar-refractivity contribution in [2.45, 2.75) is 19.8 Å². The fourth-order valence-corrected chi connectivity index (χ4v) is 1.78. The molecule has 2 nitrogen and oxygen atoms in total. The third kappa shape index (κ3) is 2.58. The first-order valence-corrected chi connectivity index (χ1v) is 5.25. The Morgan fingerprint density at radius 1 is 1.50 bits per heavy atom. The molecule has 0 heterocycles. The van der Waals surface area contributed by atoms with E-state index in [1.807, 2.05) is 19.1 Å². The van der Waals surface area contributed by atoms with E-state index in [1.165, 1.54) is 5.56 Å². The van der Waals surface area contributed by atoms with Crippen molar-refractivity contribution in [2.75, 3.05) is 7.11 Å². The lowest BCUT2D eigenvalue weighted by atomic mass is 10.0. The number of aryl methyl sites for hydroxylation is 1. The second-order valence-corrected chi connectivity index (χ2v) is 3.95. The smallest absolute Gasteiger partial charge is 0.120 e. The van der Waals surface area contributed by atoms with Crippen molar-refractivity contribution < 1.29 is 9.53 Å². The van der Waals surface area contributed by atoms with E-state index in [2.05, 4.69) is 15.9 Å². The molecular weight excluding hydrogens is 244 g/mol. The topological polar surface area (TPSA) is 26.3 Å². The number of hydrogen-bond acceptors (Lipinski definition) is 2. The van der Waals surface area contributed by atoms with Crippen LogP contribution in [0.5, 0.6) is 5.75 Å². The van der Waals surface area contributed by atoms with E-state index >= 15 is 0 Å². The number of rotatable bonds is 4. The molecule has 0 aromatic heterocycles. The molecule has 0 atom stereocenters. The van der Waals surface area contributed by atoms with Crippen molar-refractivity contribution in [2.24, 2.45) is 0 Å². The van der Waals surface area contributed by atoms with Crippen LogP contribution in [0, 0.1) is 6.92 Å². The Hall–Kier alpha value is -0.830. The second-order valence-electron chi connectivity index (χ2n) is 3.10. The number of carbonyl (C=O) groups is 1. The maximum absolute atomic E-state index is 10.3. The number of benzene rings is 1. The van der Waals surface area contributed by atoms with Gasteiger partial charge in [-0.1, -0.05) is 15.9 Å². The second kappa shape index (κ2) is 5.15. The highest BCUT2D eigenvalue weighted by molar-refractivity contribution is 9.10. The fourth-order valence-electron chi connectivity index (χ4n) is 1.30. The highest BCUT2D eigenvalue weighted by Gasteiger charge is 2.05. The van der Waals surface area contributed by atoms with Crippen molar-refractivity contribution in [3.63, 3.8) is 0 Å². The molecular formula is C11H13BrO2. The Morgan fingerprint density at radius 2 is 2.21 bits per heavy atom. The lowest BCUT2D eigenvalue weighted by Crippen LogP contribution is -1.94. The summed E-state index contributed by atoms with van der Waals surface area (Å²) in [5.41, 5.74) is 2.33. The Kier molecular flexibility index (Phi) is 4.14. The average Bonchev–Trinajstić information content (AvgIpc) is 2.20. The Labute approximate surface area is 92.4 Å². The highest BCUT2D eigenvalue weighted by Crippen LogP contribution is 2.26. The normalized spacial score (nSPS) is 9.93. The molecule has 0 aliphatic carbocycles. The van der Waals surface area contributed by atoms with Gasteiger partial charge in [0.1, 0.15) is 12.0 Å². The van der Waals surface area contributed by atoms with Gasteiger partial charge in [0.15, 0.2) is 0 Å². The zero-order chi connectivity index (χ0) is 10.6. The van der Waals surface area contributed by atoms with Crippen LogP contribution >= 0.6 is 15.9 Å². The summed E-state index contributed by atoms with van der Waals surface area (Å²) in [5.74, 6) is 0.823. The molecule has 0 saturated carbocycles. The summed E-state index contributed by atoms with van der Waals surface area (Å²) in [7, 11) is 1.64. The molecule has 3 heteroatoms. The molecule has 0 unspecified atom stereocenters. The summed E-state index contributed by atoms with van der Waals surface area (Å²) in [6.45, 7) is 2.03. The van der Waals surface area contributed by atoms with Crippen LogP contribution in [0.1, 0.15) is 17.5 Å². The summed E-state index contributed by atoms with van der Waals surface area (Å²) in [6, 6.07) is 3.91. The molecule has 1 aromatic rings. The predicted octanol–water partition coefficient (Wildman–Crippen LogP) is 2.90. The lowest BCUT2D eigenvalue weighted by molar-refractivity contribution is -0.107. The molecule has 0 aliphatic rings. The number of aldehydes is 1. The number of hydrogen-bond donors (Lipinski definition) is 0. The van der Waals surface area contributed by atoms with Gasteiger partial charge in [-0.15, -0.1) is 0 Å². The zero-order valence-corrected chi connectivity index (χ0v) is 9.93. The number of carbonyl (C=O) groups excluding carboxylic acids is 1. The van der Waals surface area contributed by atoms with E-state index in [0.717, 1.165) is 28.5 Å². The fraction of sp³-hybridized carbons (Fsp3) is 0.364. The zero-order valence-electron chi connectivity index (χ0n) is 8.34. The van der Waals surface area contributed by atoms with Gasteiger partial charge in [0, 0.05) is 10.9 Å². The maximum Gasteiger partial charge on any atom is 0.120 e. The van der Waals surface area contributed by atoms with E-state index in [-0.39, 0.29) is 0 Å². The van der Waals surface area contributed by atoms with Gasteiger partial charge < -0.3 is 9.53 Å². The van der Waals surface area contributed by atoms with Crippen LogP contribution in [0.2, 0.25) is 0 Å². The Balaban J connectivity index is 3.00. The van der Waals surface area contributed by atoms with Gasteiger partial charge >= 0.3 is 0 Å². The van der Waals surface area contributed by atoms with Crippen molar-refractivity contribution >= 4 is 22.2 Å². The van der Waals surface area contributed by atoms with E-state index in [4.69, 9.17) is 4.74 Å². The first-order valence-electron chi connectivity index (χ1n) is 4.45. The standard InChI is InChI=1S/C11H13BrO2/c1-8-9(4-3-5-13)6-10(14-2)7-11(8)12/h5-7H,3-4H2,1-2H3. The van der Waals surface area contributed by atoms with Gasteiger partial charge in [-0.05, 0) is 36.6 Å². The van der Waals surface area contributed by atoms with E-state index < -0.39 is 0 Å². The highest BCUT2D eigenvalue weighted by atomic mass is 79.9. The molecule has 76 valence electrons. The van der Waals surface area contributed by atoms with Crippen molar-refractivity contribution in [1.29, 1.82) is 0 Å². The van der Waals surface area contributed by atoms with Crippen LogP contribution in [0.15, 0.2) is 16.6 Å². The molecule has 0 bridgehead atoms. The minimum Gasteiger partial charge on any atom is -0.497 e. The molecule has 0 fully saturated rings. The molecule has 1 aromatic carbocycles. The first kappa shape index (κ1) is 11.2. The molecule has 0 N–H and O–H groups in total. The SMILES string of the molecule is COc1cc(Br)c(C)c(CCC=O)c1. The third-order valence-corrected chi connectivity index (χ3v) is 3.02. The monoisotopic (exact) mass is 256 g/mol. The predicted molar refractivity (Wildman–Crippen MR) is 59.8 cm³/mol. The van der Waals surface area contributed by atoms with Gasteiger partial charge in [0.05, 0.1) is 7.11 Å². The lowest BCUT2D eigenvalue weighted by Gasteiger charge is -2.09. The minimum atomic E-state index is 0.556. The van der Waals surface area contributed by atoms with Gasteiger partial charge in [-0.2, -0.15) is 0 Å². The molecule has 0 saturated heterocycles. The molecule has 0 radical (unpaired) electrons. The van der Waals surface area contributed by atoms with Gasteiger partial charge in [0.2, 0.25) is 0 Å². The Bertz CT molecular complexity index is 334. The summed E-state index contributed by atoms with van der Waals surface area (Å²) in [6.07, 6.45) is 2.26. The van der Waals surface area contributed by atoms with Crippen molar-refractivity contribution in [1.82, 2.24) is 0 Å². The molecule has 1 rings (SSSR count). The van der Waals surface area contributed by atoms with Gasteiger partial charge in [-0.3, -0.25) is 0 Å². The molecule has 0 aliphatic heterocycles. The van der Waals surface area contributed by atoms with Gasteiger partial charge in [0.25, 0.3) is 0 Å². The van der Waals surface area contributed by atoms with Crippen LogP contribution in [-0.2, 0) is 11.2 Å². The van der Waals surface area contributed by atoms with Crippen molar-refractivity contribution in [3.8, 4) is 5.75 Å². The number of halogens is 1. The maximum atomic E-state index is 10.3. The number of ether oxygens (including phenoxy) is 1. The summed E-state index contributed by atoms with van der Waals surface area (Å²) in [5, 5.41) is 0. The molecule has 0 spiro atoms. The van der Waals surface area contributed by atoms with Crippen LogP contribution < -0.4 is 4.74 Å². The summed E-state index contributed by atoms with van der Waals surface area (Å²) < 4.78 is 6.18. The largest absolute Gasteiger partial charge is 0.497 e. The van der Waals surface area contributed by atoms with Crippen molar-refractivity contribution in [3.05, 3.63) is 27.7 Å². The molecule has 14 heavy (non-hydrogen) atoms. The van der Waals surface area contributed by atoms with E-state index in [0.29, 0.717) is 6.42 Å². The van der Waals surface area contributed by atoms with Crippen LogP contribution in [-0.4, -0.2) is 13.4 Å². The van der Waals surface area contributed by atoms with Crippen LogP contribution in [0.4, 0.5) is 0 Å². The van der Waals surface area contributed by atoms with E-state index in [1.54, 1.807) is 7.11 Å². The molecule has 0 amide bonds. The summed E-state index contributed by atoms with van der Waals surface area (Å²) >= 11 is 3.46. The Morgan fingerprint density at radius 3 is 2.79 bits per heavy atom. The third-order valence-electron chi connectivity index (χ3n) is 2.19. The van der Waals surface area contributed by atoms with Crippen LogP contribution in [0.3, 0.4) is 0 Å². The summed E-state index contributed by atoms with van der Waals surface area (Å²) in [4.78, 5) is 10.3. The minimum absolute atomic E-state index is 0.556. The van der Waals surface area contributed by atoms with E-state index in [9.17, 15) is 4.79 Å². The quantitative estimate of drug-likeness (QED) is 0.775. The number of methoxy groups -OCH3 is 1. The first-order chi connectivity index (χ1) is 6.69. The average molecular weight is 257 g/mol.